The minimum atomic E-state index is -1.28. The smallest absolute Gasteiger partial charge is 0.243 e. The Kier molecular flexibility index (Phi) is 18.8. The van der Waals surface area contributed by atoms with Gasteiger partial charge in [0.1, 0.15) is 36.0 Å². The van der Waals surface area contributed by atoms with E-state index in [1.165, 1.54) is 4.90 Å². The highest BCUT2D eigenvalue weighted by Crippen LogP contribution is 2.22. The third-order valence-electron chi connectivity index (χ3n) is 11.8. The lowest BCUT2D eigenvalue weighted by Crippen LogP contribution is -2.60. The number of likely N-dealkylation sites (N-methyl/N-ethyl adjacent to an activating group) is 1. The van der Waals surface area contributed by atoms with Crippen molar-refractivity contribution in [2.24, 2.45) is 11.5 Å². The van der Waals surface area contributed by atoms with Crippen molar-refractivity contribution < 1.29 is 38.7 Å². The number of carbonyl (C=O) groups excluding carboxylic acids is 7. The summed E-state index contributed by atoms with van der Waals surface area (Å²) in [6.07, 6.45) is 2.59. The number of benzene rings is 2. The summed E-state index contributed by atoms with van der Waals surface area (Å²) in [7, 11) is 1.58. The first kappa shape index (κ1) is 49.6. The number of primary amides is 1. The molecular weight excluding hydrogens is 837 g/mol. The molecule has 0 unspecified atom stereocenters. The van der Waals surface area contributed by atoms with Crippen LogP contribution in [0.25, 0.3) is 10.9 Å². The van der Waals surface area contributed by atoms with E-state index in [9.17, 15) is 38.7 Å². The fraction of sp³-hybridized carbons (Fsp3) is 0.511. The van der Waals surface area contributed by atoms with Gasteiger partial charge in [-0.25, -0.2) is 0 Å². The van der Waals surface area contributed by atoms with Crippen molar-refractivity contribution in [2.75, 3.05) is 33.2 Å². The third kappa shape index (κ3) is 14.8. The van der Waals surface area contributed by atoms with Crippen LogP contribution in [0.4, 0.5) is 0 Å². The van der Waals surface area contributed by atoms with Gasteiger partial charge >= 0.3 is 0 Å². The summed E-state index contributed by atoms with van der Waals surface area (Å²) in [5.74, 6) is -4.46. The SMILES string of the molecule is CN[C@H]1CCC(=O)CCNCCCC[C@@H](C(N)=O)NC(=O)[C@H](Cc2c[nH]c3ccccc23)NC(=O)[C@H](CCCNC(=N)N)NC(=O)[C@@H](Cc2ccccc2)NC(=O)[C@@H]2C[C@@H](O)CN2C1=O. The Morgan fingerprint density at radius 3 is 2.23 bits per heavy atom. The summed E-state index contributed by atoms with van der Waals surface area (Å²) in [6, 6.07) is 9.43. The zero-order valence-corrected chi connectivity index (χ0v) is 36.8. The number of carbonyl (C=O) groups is 7. The highest BCUT2D eigenvalue weighted by molar-refractivity contribution is 5.97. The number of nitrogens with one attached hydrogen (secondary N) is 9. The summed E-state index contributed by atoms with van der Waals surface area (Å²) in [5, 5.41) is 39.1. The van der Waals surface area contributed by atoms with E-state index in [0.29, 0.717) is 37.1 Å². The Bertz CT molecular complexity index is 2130. The van der Waals surface area contributed by atoms with E-state index < -0.39 is 77.8 Å². The summed E-state index contributed by atoms with van der Waals surface area (Å²) in [4.78, 5) is 101. The lowest BCUT2D eigenvalue weighted by molar-refractivity contribution is -0.141. The molecule has 2 fully saturated rings. The van der Waals surface area contributed by atoms with Crippen molar-refractivity contribution in [1.82, 2.24) is 47.1 Å². The summed E-state index contributed by atoms with van der Waals surface area (Å²) >= 11 is 0. The topological polar surface area (TPSA) is 319 Å². The number of nitrogens with zero attached hydrogens (tertiary/aromatic N) is 1. The molecule has 0 bridgehead atoms. The fourth-order valence-corrected chi connectivity index (χ4v) is 8.24. The molecule has 7 atom stereocenters. The Morgan fingerprint density at radius 2 is 1.49 bits per heavy atom. The van der Waals surface area contributed by atoms with Crippen molar-refractivity contribution in [3.05, 3.63) is 71.9 Å². The number of nitrogens with two attached hydrogens (primary N) is 2. The number of aromatic amines is 1. The first-order valence-corrected chi connectivity index (χ1v) is 22.3. The maximum atomic E-state index is 14.5. The molecule has 2 aromatic carbocycles. The molecule has 65 heavy (non-hydrogen) atoms. The number of aromatic nitrogens is 1. The zero-order valence-electron chi connectivity index (χ0n) is 36.8. The van der Waals surface area contributed by atoms with E-state index >= 15 is 0 Å². The van der Waals surface area contributed by atoms with Gasteiger partial charge in [-0.15, -0.1) is 0 Å². The van der Waals surface area contributed by atoms with Gasteiger partial charge in [-0.1, -0.05) is 48.5 Å². The minimum Gasteiger partial charge on any atom is -0.391 e. The number of fused-ring (bicyclic) bond motifs is 2. The molecule has 0 saturated carbocycles. The highest BCUT2D eigenvalue weighted by atomic mass is 16.3. The number of H-pyrrole nitrogens is 1. The molecule has 0 spiro atoms. The van der Waals surface area contributed by atoms with Gasteiger partial charge in [0.05, 0.1) is 12.1 Å². The van der Waals surface area contributed by atoms with Crippen molar-refractivity contribution >= 4 is 58.1 Å². The van der Waals surface area contributed by atoms with Crippen molar-refractivity contribution in [2.45, 2.75) is 113 Å². The third-order valence-corrected chi connectivity index (χ3v) is 11.8. The van der Waals surface area contributed by atoms with Crippen LogP contribution in [0.2, 0.25) is 0 Å². The van der Waals surface area contributed by atoms with Gasteiger partial charge in [-0.2, -0.15) is 0 Å². The molecule has 6 amide bonds. The predicted molar refractivity (Wildman–Crippen MR) is 243 cm³/mol. The fourth-order valence-electron chi connectivity index (χ4n) is 8.24. The highest BCUT2D eigenvalue weighted by Gasteiger charge is 2.42. The van der Waals surface area contributed by atoms with E-state index in [-0.39, 0.29) is 82.6 Å². The molecule has 2 aliphatic rings. The summed E-state index contributed by atoms with van der Waals surface area (Å²) in [5.41, 5.74) is 13.4. The van der Waals surface area contributed by atoms with Gasteiger partial charge in [0.15, 0.2) is 5.96 Å². The lowest BCUT2D eigenvalue weighted by atomic mass is 10.0. The van der Waals surface area contributed by atoms with Gasteiger partial charge in [-0.3, -0.25) is 39.0 Å². The van der Waals surface area contributed by atoms with Crippen LogP contribution in [0.15, 0.2) is 60.8 Å². The molecule has 14 N–H and O–H groups in total. The molecule has 0 aliphatic carbocycles. The van der Waals surface area contributed by atoms with Crippen LogP contribution in [-0.4, -0.2) is 138 Å². The van der Waals surface area contributed by atoms with Crippen LogP contribution in [0.5, 0.6) is 0 Å². The monoisotopic (exact) mass is 900 g/mol. The zero-order chi connectivity index (χ0) is 46.9. The number of ketones is 1. The van der Waals surface area contributed by atoms with Gasteiger partial charge in [0.2, 0.25) is 35.4 Å². The first-order valence-electron chi connectivity index (χ1n) is 22.3. The molecule has 20 nitrogen and oxygen atoms in total. The number of hydrogen-bond donors (Lipinski definition) is 12. The minimum absolute atomic E-state index is 0.00811. The predicted octanol–water partition coefficient (Wildman–Crippen LogP) is -1.30. The molecule has 2 aliphatic heterocycles. The average Bonchev–Trinajstić information content (AvgIpc) is 3.89. The lowest BCUT2D eigenvalue weighted by Gasteiger charge is -2.30. The molecule has 3 heterocycles. The van der Waals surface area contributed by atoms with Crippen LogP contribution < -0.4 is 48.7 Å². The van der Waals surface area contributed by atoms with Crippen LogP contribution >= 0.6 is 0 Å². The summed E-state index contributed by atoms with van der Waals surface area (Å²) < 4.78 is 0. The number of rotatable bonds is 10. The quantitative estimate of drug-likeness (QED) is 0.0643. The van der Waals surface area contributed by atoms with E-state index in [2.05, 4.69) is 42.2 Å². The number of amides is 6. The Labute approximate surface area is 378 Å². The van der Waals surface area contributed by atoms with Crippen LogP contribution in [0.1, 0.15) is 68.9 Å². The number of guanidine groups is 1. The maximum absolute atomic E-state index is 14.5. The first-order chi connectivity index (χ1) is 31.2. The van der Waals surface area contributed by atoms with E-state index in [0.717, 1.165) is 10.9 Å². The van der Waals surface area contributed by atoms with Gasteiger partial charge in [0, 0.05) is 68.8 Å². The molecule has 5 rings (SSSR count). The maximum Gasteiger partial charge on any atom is 0.243 e. The van der Waals surface area contributed by atoms with Crippen LogP contribution in [-0.2, 0) is 46.4 Å². The Balaban J connectivity index is 1.48. The number of hydrogen-bond acceptors (Lipinski definition) is 11. The largest absolute Gasteiger partial charge is 0.391 e. The number of Topliss-reactive ketones (excluding diaryl/α,β-unsaturated/α-hetero) is 1. The normalized spacial score (nSPS) is 25.2. The van der Waals surface area contributed by atoms with Gasteiger partial charge < -0.3 is 63.7 Å². The van der Waals surface area contributed by atoms with Crippen LogP contribution in [0, 0.1) is 5.41 Å². The van der Waals surface area contributed by atoms with E-state index in [1.54, 1.807) is 43.6 Å². The molecule has 0 radical (unpaired) electrons. The second-order valence-electron chi connectivity index (χ2n) is 16.7. The van der Waals surface area contributed by atoms with Gasteiger partial charge in [-0.05, 0) is 69.3 Å². The standard InChI is InChI=1S/C45H64N12O8/c1-49-35-17-16-29(58)18-21-50-19-8-7-14-33(39(46)60)53-42(63)37(23-28-25-52-32-13-6-5-12-31(28)32)55-40(61)34(15-9-20-51-45(47)48)54-41(62)36(22-27-10-3-2-4-11-27)56-43(64)38-24-30(59)26-57(38)44(35)65/h2-6,10-13,25,30,33-38,49-50,52,59H,7-9,14-24,26H2,1H3,(H2,46,60)(H,53,63)(H,54,62)(H,55,61)(H,56,64)(H4,47,48,51)/t30-,33+,34+,35+,36-,37+,38+/m1/s1. The Hall–Kier alpha value is -6.38. The molecule has 1 aromatic heterocycles. The number of para-hydroxylation sites is 1. The molecule has 20 heteroatoms. The second kappa shape index (κ2) is 24.6. The van der Waals surface area contributed by atoms with E-state index in [1.807, 2.05) is 24.3 Å². The number of aliphatic hydroxyl groups is 1. The van der Waals surface area contributed by atoms with E-state index in [4.69, 9.17) is 16.9 Å². The average molecular weight is 901 g/mol. The van der Waals surface area contributed by atoms with Crippen molar-refractivity contribution in [1.29, 1.82) is 5.41 Å². The second-order valence-corrected chi connectivity index (χ2v) is 16.7. The van der Waals surface area contributed by atoms with Crippen molar-refractivity contribution in [3.63, 3.8) is 0 Å². The molecule has 3 aromatic rings. The Morgan fingerprint density at radius 1 is 0.815 bits per heavy atom. The molecular formula is C45H64N12O8. The number of aliphatic hydroxyl groups excluding tert-OH is 1. The van der Waals surface area contributed by atoms with Gasteiger partial charge in [0.25, 0.3) is 0 Å². The van der Waals surface area contributed by atoms with Crippen molar-refractivity contribution in [3.8, 4) is 0 Å². The van der Waals surface area contributed by atoms with Crippen LogP contribution in [0.3, 0.4) is 0 Å². The molecule has 2 saturated heterocycles. The molecule has 352 valence electrons. The summed E-state index contributed by atoms with van der Waals surface area (Å²) in [6.45, 7) is 0.941.